The minimum atomic E-state index is -0.295. The van der Waals surface area contributed by atoms with Crippen LogP contribution >= 0.6 is 11.3 Å². The van der Waals surface area contributed by atoms with E-state index in [4.69, 9.17) is 4.74 Å². The molecule has 0 radical (unpaired) electrons. The summed E-state index contributed by atoms with van der Waals surface area (Å²) in [5, 5.41) is 6.17. The van der Waals surface area contributed by atoms with Crippen LogP contribution in [0.2, 0.25) is 0 Å². The average molecular weight is 440 g/mol. The number of carbonyl (C=O) groups is 1. The molecular weight excluding hydrogens is 413 g/mol. The number of halogens is 1. The van der Waals surface area contributed by atoms with Crippen LogP contribution in [-0.2, 0) is 11.2 Å². The molecule has 31 heavy (non-hydrogen) atoms. The summed E-state index contributed by atoms with van der Waals surface area (Å²) in [5.41, 5.74) is 1.03. The second kappa shape index (κ2) is 10.4. The first-order valence-corrected chi connectivity index (χ1v) is 11.5. The minimum Gasteiger partial charge on any atom is -0.457 e. The summed E-state index contributed by atoms with van der Waals surface area (Å²) in [7, 11) is 0. The zero-order valence-electron chi connectivity index (χ0n) is 17.3. The van der Waals surface area contributed by atoms with Crippen molar-refractivity contribution in [1.82, 2.24) is 10.3 Å². The Morgan fingerprint density at radius 3 is 2.90 bits per heavy atom. The Hall–Kier alpha value is -2.93. The molecule has 1 saturated heterocycles. The third-order valence-electron chi connectivity index (χ3n) is 5.39. The van der Waals surface area contributed by atoms with Gasteiger partial charge in [0.2, 0.25) is 5.91 Å². The van der Waals surface area contributed by atoms with Crippen molar-refractivity contribution in [1.29, 1.82) is 0 Å². The summed E-state index contributed by atoms with van der Waals surface area (Å²) < 4.78 is 18.8. The lowest BCUT2D eigenvalue weighted by atomic mass is 9.98. The number of amides is 1. The number of nitrogens with zero attached hydrogens (tertiary/aromatic N) is 2. The molecule has 4 rings (SSSR count). The van der Waals surface area contributed by atoms with Crippen molar-refractivity contribution in [2.75, 3.05) is 24.5 Å². The monoisotopic (exact) mass is 439 g/mol. The van der Waals surface area contributed by atoms with Crippen LogP contribution in [0.5, 0.6) is 11.5 Å². The zero-order chi connectivity index (χ0) is 21.5. The van der Waals surface area contributed by atoms with E-state index in [1.807, 2.05) is 35.8 Å². The average Bonchev–Trinajstić information content (AvgIpc) is 3.33. The second-order valence-electron chi connectivity index (χ2n) is 7.78. The molecule has 0 bridgehead atoms. The molecule has 1 N–H and O–H groups in total. The Balaban J connectivity index is 1.22. The molecule has 0 aliphatic carbocycles. The van der Waals surface area contributed by atoms with Crippen LogP contribution in [0.15, 0.2) is 60.1 Å². The molecule has 0 saturated carbocycles. The van der Waals surface area contributed by atoms with E-state index in [-0.39, 0.29) is 11.7 Å². The highest BCUT2D eigenvalue weighted by molar-refractivity contribution is 7.13. The number of nitrogens with one attached hydrogen (secondary N) is 1. The number of hydrogen-bond acceptors (Lipinski definition) is 5. The Kier molecular flexibility index (Phi) is 7.14. The molecule has 2 aromatic carbocycles. The van der Waals surface area contributed by atoms with Gasteiger partial charge in [-0.05, 0) is 67.1 Å². The third kappa shape index (κ3) is 6.28. The highest BCUT2D eigenvalue weighted by Crippen LogP contribution is 2.25. The lowest BCUT2D eigenvalue weighted by Crippen LogP contribution is -2.41. The minimum absolute atomic E-state index is 0.0660. The molecule has 0 spiro atoms. The fraction of sp³-hybridized carbons (Fsp3) is 0.333. The largest absolute Gasteiger partial charge is 0.457 e. The van der Waals surface area contributed by atoms with Gasteiger partial charge in [-0.1, -0.05) is 12.1 Å². The maximum Gasteiger partial charge on any atom is 0.220 e. The normalized spacial score (nSPS) is 16.2. The van der Waals surface area contributed by atoms with Crippen LogP contribution in [0, 0.1) is 11.7 Å². The van der Waals surface area contributed by atoms with E-state index in [1.165, 1.54) is 12.1 Å². The maximum atomic E-state index is 13.0. The molecule has 1 atom stereocenters. The van der Waals surface area contributed by atoms with Crippen molar-refractivity contribution in [2.45, 2.75) is 25.7 Å². The number of carbonyl (C=O) groups excluding carboxylic acids is 1. The molecule has 1 unspecified atom stereocenters. The fourth-order valence-corrected chi connectivity index (χ4v) is 4.47. The van der Waals surface area contributed by atoms with Gasteiger partial charge in [-0.25, -0.2) is 9.37 Å². The predicted molar refractivity (Wildman–Crippen MR) is 121 cm³/mol. The quantitative estimate of drug-likeness (QED) is 0.534. The smallest absolute Gasteiger partial charge is 0.220 e. The van der Waals surface area contributed by atoms with Gasteiger partial charge in [0.15, 0.2) is 5.13 Å². The molecule has 162 valence electrons. The van der Waals surface area contributed by atoms with Gasteiger partial charge in [0.25, 0.3) is 0 Å². The summed E-state index contributed by atoms with van der Waals surface area (Å²) in [5.74, 6) is 1.48. The van der Waals surface area contributed by atoms with Crippen molar-refractivity contribution < 1.29 is 13.9 Å². The number of thiazole rings is 1. The Bertz CT molecular complexity index is 979. The van der Waals surface area contributed by atoms with Crippen LogP contribution in [0.4, 0.5) is 9.52 Å². The summed E-state index contributed by atoms with van der Waals surface area (Å²) in [6, 6.07) is 13.6. The van der Waals surface area contributed by atoms with Crippen molar-refractivity contribution in [2.24, 2.45) is 5.92 Å². The van der Waals surface area contributed by atoms with Crippen molar-refractivity contribution in [3.63, 3.8) is 0 Å². The number of anilines is 1. The first-order valence-electron chi connectivity index (χ1n) is 10.6. The van der Waals surface area contributed by atoms with Gasteiger partial charge >= 0.3 is 0 Å². The molecule has 7 heteroatoms. The molecular formula is C24H26FN3O2S. The predicted octanol–water partition coefficient (Wildman–Crippen LogP) is 5.04. The molecule has 1 fully saturated rings. The van der Waals surface area contributed by atoms with Crippen molar-refractivity contribution in [3.05, 3.63) is 71.5 Å². The van der Waals surface area contributed by atoms with Crippen LogP contribution in [0.3, 0.4) is 0 Å². The number of ether oxygens (including phenoxy) is 1. The third-order valence-corrected chi connectivity index (χ3v) is 6.22. The van der Waals surface area contributed by atoms with Gasteiger partial charge in [-0.3, -0.25) is 4.79 Å². The second-order valence-corrected chi connectivity index (χ2v) is 8.65. The lowest BCUT2D eigenvalue weighted by molar-refractivity contribution is -0.121. The first-order chi connectivity index (χ1) is 15.2. The van der Waals surface area contributed by atoms with Crippen molar-refractivity contribution >= 4 is 22.4 Å². The maximum absolute atomic E-state index is 13.0. The molecule has 5 nitrogen and oxygen atoms in total. The van der Waals surface area contributed by atoms with Crippen LogP contribution in [-0.4, -0.2) is 30.5 Å². The summed E-state index contributed by atoms with van der Waals surface area (Å²) >= 11 is 1.66. The van der Waals surface area contributed by atoms with Gasteiger partial charge in [-0.15, -0.1) is 11.3 Å². The number of benzene rings is 2. The SMILES string of the molecule is O=C(CCc1cccc(Oc2ccc(F)cc2)c1)NCC1CCCN(c2nccs2)C1. The Labute approximate surface area is 185 Å². The molecule has 1 aliphatic heterocycles. The molecule has 1 amide bonds. The molecule has 2 heterocycles. The van der Waals surface area contributed by atoms with E-state index in [1.54, 1.807) is 23.5 Å². The number of aryl methyl sites for hydroxylation is 1. The summed E-state index contributed by atoms with van der Waals surface area (Å²) in [6.45, 7) is 2.68. The van der Waals surface area contributed by atoms with Crippen LogP contribution in [0.25, 0.3) is 0 Å². The van der Waals surface area contributed by atoms with Gasteiger partial charge in [0.05, 0.1) is 0 Å². The number of aromatic nitrogens is 1. The summed E-state index contributed by atoms with van der Waals surface area (Å²) in [4.78, 5) is 19.1. The van der Waals surface area contributed by atoms with Crippen molar-refractivity contribution in [3.8, 4) is 11.5 Å². The number of hydrogen-bond donors (Lipinski definition) is 1. The standard InChI is InChI=1S/C24H26FN3O2S/c25-20-7-9-21(10-8-20)30-22-5-1-3-18(15-22)6-11-23(29)27-16-19-4-2-13-28(17-19)24-26-12-14-31-24/h1,3,5,7-10,12,14-15,19H,2,4,6,11,13,16-17H2,(H,27,29). The van der Waals surface area contributed by atoms with Gasteiger partial charge in [0.1, 0.15) is 17.3 Å². The van der Waals surface area contributed by atoms with E-state index in [0.717, 1.165) is 36.6 Å². The van der Waals surface area contributed by atoms with E-state index >= 15 is 0 Å². The van der Waals surface area contributed by atoms with Crippen LogP contribution < -0.4 is 15.0 Å². The molecule has 1 aromatic heterocycles. The highest BCUT2D eigenvalue weighted by Gasteiger charge is 2.21. The lowest BCUT2D eigenvalue weighted by Gasteiger charge is -2.32. The highest BCUT2D eigenvalue weighted by atomic mass is 32.1. The Morgan fingerprint density at radius 1 is 1.23 bits per heavy atom. The molecule has 3 aromatic rings. The number of piperidine rings is 1. The van der Waals surface area contributed by atoms with Gasteiger partial charge in [0, 0.05) is 37.6 Å². The topological polar surface area (TPSA) is 54.5 Å². The van der Waals surface area contributed by atoms with E-state index in [2.05, 4.69) is 15.2 Å². The van der Waals surface area contributed by atoms with E-state index in [9.17, 15) is 9.18 Å². The van der Waals surface area contributed by atoms with Gasteiger partial charge in [-0.2, -0.15) is 0 Å². The van der Waals surface area contributed by atoms with E-state index in [0.29, 0.717) is 36.8 Å². The zero-order valence-corrected chi connectivity index (χ0v) is 18.1. The van der Waals surface area contributed by atoms with Crippen LogP contribution in [0.1, 0.15) is 24.8 Å². The number of rotatable bonds is 8. The molecule has 1 aliphatic rings. The van der Waals surface area contributed by atoms with E-state index < -0.39 is 0 Å². The Morgan fingerprint density at radius 2 is 2.10 bits per heavy atom. The van der Waals surface area contributed by atoms with Gasteiger partial charge < -0.3 is 15.0 Å². The first kappa shape index (κ1) is 21.3. The summed E-state index contributed by atoms with van der Waals surface area (Å²) in [6.07, 6.45) is 5.17. The fourth-order valence-electron chi connectivity index (χ4n) is 3.79.